The van der Waals surface area contributed by atoms with Gasteiger partial charge in [-0.15, -0.1) is 0 Å². The highest BCUT2D eigenvalue weighted by Crippen LogP contribution is 2.12. The number of benzene rings is 1. The smallest absolute Gasteiger partial charge is 0.271 e. The molecule has 0 unspecified atom stereocenters. The molecule has 1 N–H and O–H groups in total. The average molecular weight is 307 g/mol. The number of hydrogen-bond donors (Lipinski definition) is 1. The Balaban J connectivity index is 1.85. The van der Waals surface area contributed by atoms with E-state index in [1.54, 1.807) is 12.1 Å². The minimum Gasteiger partial charge on any atom is -0.350 e. The molecule has 1 heterocycles. The molecule has 0 atom stereocenters. The summed E-state index contributed by atoms with van der Waals surface area (Å²) in [5, 5.41) is 13.4. The molecule has 0 saturated heterocycles. The van der Waals surface area contributed by atoms with E-state index < -0.39 is 4.92 Å². The van der Waals surface area contributed by atoms with Gasteiger partial charge in [-0.2, -0.15) is 0 Å². The molecule has 1 aromatic carbocycles. The van der Waals surface area contributed by atoms with Gasteiger partial charge < -0.3 is 5.32 Å². The number of hydrogen-bond acceptors (Lipinski definition) is 5. The van der Waals surface area contributed by atoms with Crippen LogP contribution in [0.5, 0.6) is 0 Å². The lowest BCUT2D eigenvalue weighted by Crippen LogP contribution is -2.26. The van der Waals surface area contributed by atoms with Gasteiger partial charge >= 0.3 is 0 Å². The standard InChI is InChI=1S/C13H11ClN4O3/c14-12-8-16-11(7-17-12)13(19)15-6-5-9-1-3-10(4-2-9)18(20)21/h1-4,7-8H,5-6H2,(H,15,19). The number of carbonyl (C=O) groups is 1. The van der Waals surface area contributed by atoms with Gasteiger partial charge in [-0.05, 0) is 12.0 Å². The van der Waals surface area contributed by atoms with Crippen LogP contribution in [0.1, 0.15) is 16.1 Å². The molecule has 108 valence electrons. The van der Waals surface area contributed by atoms with Gasteiger partial charge in [-0.25, -0.2) is 9.97 Å². The zero-order valence-electron chi connectivity index (χ0n) is 10.8. The highest BCUT2D eigenvalue weighted by molar-refractivity contribution is 6.29. The highest BCUT2D eigenvalue weighted by atomic mass is 35.5. The van der Waals surface area contributed by atoms with Crippen LogP contribution < -0.4 is 5.32 Å². The Morgan fingerprint density at radius 3 is 2.52 bits per heavy atom. The van der Waals surface area contributed by atoms with Gasteiger partial charge in [0.15, 0.2) is 0 Å². The summed E-state index contributed by atoms with van der Waals surface area (Å²) < 4.78 is 0. The van der Waals surface area contributed by atoms with Crippen LogP contribution in [0, 0.1) is 10.1 Å². The van der Waals surface area contributed by atoms with Crippen molar-refractivity contribution in [2.75, 3.05) is 6.54 Å². The monoisotopic (exact) mass is 306 g/mol. The SMILES string of the molecule is O=C(NCCc1ccc([N+](=O)[O-])cc1)c1cnc(Cl)cn1. The van der Waals surface area contributed by atoms with E-state index in [1.165, 1.54) is 24.5 Å². The first kappa shape index (κ1) is 14.9. The second-order valence-electron chi connectivity index (χ2n) is 4.15. The van der Waals surface area contributed by atoms with Crippen molar-refractivity contribution in [1.29, 1.82) is 0 Å². The Hall–Kier alpha value is -2.54. The van der Waals surface area contributed by atoms with E-state index in [0.29, 0.717) is 13.0 Å². The van der Waals surface area contributed by atoms with Crippen LogP contribution in [0.2, 0.25) is 5.15 Å². The van der Waals surface area contributed by atoms with Gasteiger partial charge in [0.2, 0.25) is 0 Å². The Morgan fingerprint density at radius 1 is 1.24 bits per heavy atom. The summed E-state index contributed by atoms with van der Waals surface area (Å²) in [4.78, 5) is 29.4. The molecular weight excluding hydrogens is 296 g/mol. The largest absolute Gasteiger partial charge is 0.350 e. The number of nitrogens with zero attached hydrogens (tertiary/aromatic N) is 3. The number of aromatic nitrogens is 2. The lowest BCUT2D eigenvalue weighted by molar-refractivity contribution is -0.384. The van der Waals surface area contributed by atoms with Crippen LogP contribution in [0.4, 0.5) is 5.69 Å². The summed E-state index contributed by atoms with van der Waals surface area (Å²) in [7, 11) is 0. The van der Waals surface area contributed by atoms with Crippen molar-refractivity contribution in [2.45, 2.75) is 6.42 Å². The summed E-state index contributed by atoms with van der Waals surface area (Å²) in [5.74, 6) is -0.346. The van der Waals surface area contributed by atoms with Crippen LogP contribution in [-0.4, -0.2) is 27.3 Å². The van der Waals surface area contributed by atoms with E-state index in [2.05, 4.69) is 15.3 Å². The molecule has 0 aliphatic rings. The van der Waals surface area contributed by atoms with Crippen LogP contribution in [0.15, 0.2) is 36.7 Å². The lowest BCUT2D eigenvalue weighted by atomic mass is 10.1. The predicted molar refractivity (Wildman–Crippen MR) is 76.2 cm³/mol. The molecule has 0 spiro atoms. The molecule has 7 nitrogen and oxygen atoms in total. The molecule has 0 saturated carbocycles. The molecule has 2 aromatic rings. The van der Waals surface area contributed by atoms with Crippen LogP contribution in [-0.2, 0) is 6.42 Å². The zero-order valence-corrected chi connectivity index (χ0v) is 11.6. The predicted octanol–water partition coefficient (Wildman–Crippen LogP) is 2.01. The summed E-state index contributed by atoms with van der Waals surface area (Å²) in [6.07, 6.45) is 3.15. The quantitative estimate of drug-likeness (QED) is 0.673. The lowest BCUT2D eigenvalue weighted by Gasteiger charge is -2.04. The molecule has 8 heteroatoms. The number of nitrogens with one attached hydrogen (secondary N) is 1. The van der Waals surface area contributed by atoms with Crippen molar-refractivity contribution in [3.63, 3.8) is 0 Å². The normalized spacial score (nSPS) is 10.1. The van der Waals surface area contributed by atoms with E-state index >= 15 is 0 Å². The summed E-state index contributed by atoms with van der Waals surface area (Å²) in [6.45, 7) is 0.390. The fourth-order valence-corrected chi connectivity index (χ4v) is 1.72. The van der Waals surface area contributed by atoms with Gasteiger partial charge in [0, 0.05) is 18.7 Å². The number of halogens is 1. The van der Waals surface area contributed by atoms with Crippen LogP contribution in [0.3, 0.4) is 0 Å². The minimum atomic E-state index is -0.454. The maximum atomic E-state index is 11.7. The third-order valence-corrected chi connectivity index (χ3v) is 2.89. The Bertz CT molecular complexity index is 643. The third-order valence-electron chi connectivity index (χ3n) is 2.70. The average Bonchev–Trinajstić information content (AvgIpc) is 2.48. The van der Waals surface area contributed by atoms with E-state index in [4.69, 9.17) is 11.6 Å². The van der Waals surface area contributed by atoms with Gasteiger partial charge in [0.05, 0.1) is 17.3 Å². The second-order valence-corrected chi connectivity index (χ2v) is 4.54. The van der Waals surface area contributed by atoms with E-state index in [1.807, 2.05) is 0 Å². The molecule has 0 aliphatic carbocycles. The van der Waals surface area contributed by atoms with Gasteiger partial charge in [0.25, 0.3) is 11.6 Å². The number of nitro benzene ring substituents is 1. The Morgan fingerprint density at radius 2 is 1.95 bits per heavy atom. The van der Waals surface area contributed by atoms with Crippen LogP contribution in [0.25, 0.3) is 0 Å². The number of carbonyl (C=O) groups excluding carboxylic acids is 1. The van der Waals surface area contributed by atoms with Crippen molar-refractivity contribution in [3.05, 3.63) is 63.2 Å². The van der Waals surface area contributed by atoms with Crippen LogP contribution >= 0.6 is 11.6 Å². The molecular formula is C13H11ClN4O3. The maximum absolute atomic E-state index is 11.7. The van der Waals surface area contributed by atoms with E-state index in [0.717, 1.165) is 5.56 Å². The fourth-order valence-electron chi connectivity index (χ4n) is 1.62. The molecule has 1 aromatic heterocycles. The molecule has 2 rings (SSSR count). The van der Waals surface area contributed by atoms with Gasteiger partial charge in [-0.1, -0.05) is 23.7 Å². The van der Waals surface area contributed by atoms with Gasteiger partial charge in [0.1, 0.15) is 10.8 Å². The minimum absolute atomic E-state index is 0.0409. The zero-order chi connectivity index (χ0) is 15.2. The summed E-state index contributed by atoms with van der Waals surface area (Å²) in [5.41, 5.74) is 1.12. The van der Waals surface area contributed by atoms with Gasteiger partial charge in [-0.3, -0.25) is 14.9 Å². The first-order valence-corrected chi connectivity index (χ1v) is 6.43. The number of amides is 1. The van der Waals surface area contributed by atoms with Crippen molar-refractivity contribution in [3.8, 4) is 0 Å². The summed E-state index contributed by atoms with van der Waals surface area (Å²) in [6, 6.07) is 6.18. The Labute approximate surface area is 125 Å². The number of rotatable bonds is 5. The van der Waals surface area contributed by atoms with E-state index in [-0.39, 0.29) is 22.4 Å². The maximum Gasteiger partial charge on any atom is 0.271 e. The Kier molecular flexibility index (Phi) is 4.78. The van der Waals surface area contributed by atoms with Crippen molar-refractivity contribution >= 4 is 23.2 Å². The number of nitro groups is 1. The van der Waals surface area contributed by atoms with Crippen molar-refractivity contribution in [1.82, 2.24) is 15.3 Å². The molecule has 0 radical (unpaired) electrons. The molecule has 0 aliphatic heterocycles. The molecule has 1 amide bonds. The second kappa shape index (κ2) is 6.76. The molecule has 0 fully saturated rings. The highest BCUT2D eigenvalue weighted by Gasteiger charge is 2.08. The first-order chi connectivity index (χ1) is 10.1. The van der Waals surface area contributed by atoms with E-state index in [9.17, 15) is 14.9 Å². The summed E-state index contributed by atoms with van der Waals surface area (Å²) >= 11 is 5.58. The first-order valence-electron chi connectivity index (χ1n) is 6.05. The van der Waals surface area contributed by atoms with Crippen molar-refractivity contribution in [2.24, 2.45) is 0 Å². The number of non-ortho nitro benzene ring substituents is 1. The third kappa shape index (κ3) is 4.22. The topological polar surface area (TPSA) is 98.0 Å². The molecule has 21 heavy (non-hydrogen) atoms. The molecule has 0 bridgehead atoms. The van der Waals surface area contributed by atoms with Crippen molar-refractivity contribution < 1.29 is 9.72 Å². The fraction of sp³-hybridized carbons (Fsp3) is 0.154.